The normalized spacial score (nSPS) is 17.6. The Kier molecular flexibility index (Phi) is 4.69. The zero-order chi connectivity index (χ0) is 16.4. The predicted octanol–water partition coefficient (Wildman–Crippen LogP) is 3.46. The first-order chi connectivity index (χ1) is 10.9. The number of aromatic nitrogens is 4. The minimum absolute atomic E-state index is 0.0389. The topological polar surface area (TPSA) is 46.8 Å². The number of hydrogen-bond donors (Lipinski definition) is 0. The van der Waals surface area contributed by atoms with Crippen LogP contribution >= 0.6 is 11.6 Å². The van der Waals surface area contributed by atoms with Gasteiger partial charge < -0.3 is 0 Å². The molecule has 23 heavy (non-hydrogen) atoms. The summed E-state index contributed by atoms with van der Waals surface area (Å²) in [5, 5.41) is 5.08. The van der Waals surface area contributed by atoms with Crippen molar-refractivity contribution in [1.82, 2.24) is 24.6 Å². The molecule has 0 amide bonds. The first-order valence-electron chi connectivity index (χ1n) is 8.15. The second-order valence-electron chi connectivity index (χ2n) is 7.27. The molecule has 0 N–H and O–H groups in total. The molecular formula is C17H24ClN5. The lowest BCUT2D eigenvalue weighted by Gasteiger charge is -2.30. The van der Waals surface area contributed by atoms with E-state index in [2.05, 4.69) is 46.9 Å². The van der Waals surface area contributed by atoms with Crippen LogP contribution < -0.4 is 0 Å². The summed E-state index contributed by atoms with van der Waals surface area (Å²) < 4.78 is 2.04. The van der Waals surface area contributed by atoms with E-state index in [4.69, 9.17) is 11.6 Å². The molecule has 0 saturated carbocycles. The van der Waals surface area contributed by atoms with Crippen molar-refractivity contribution in [1.29, 1.82) is 0 Å². The van der Waals surface area contributed by atoms with E-state index in [-0.39, 0.29) is 5.54 Å². The predicted molar refractivity (Wildman–Crippen MR) is 91.5 cm³/mol. The van der Waals surface area contributed by atoms with Crippen molar-refractivity contribution in [3.8, 4) is 0 Å². The van der Waals surface area contributed by atoms with Crippen LogP contribution in [0, 0.1) is 0 Å². The molecule has 2 aromatic rings. The van der Waals surface area contributed by atoms with Crippen LogP contribution in [0.15, 0.2) is 24.8 Å². The SMILES string of the molecule is CC(C)(C)n1cc(CN2CCC(c3ncc(Cl)cn3)CC2)cn1. The van der Waals surface area contributed by atoms with Crippen LogP contribution in [-0.2, 0) is 12.1 Å². The van der Waals surface area contributed by atoms with Gasteiger partial charge in [-0.3, -0.25) is 9.58 Å². The average Bonchev–Trinajstić information content (AvgIpc) is 2.98. The second kappa shape index (κ2) is 6.57. The van der Waals surface area contributed by atoms with Gasteiger partial charge in [0.2, 0.25) is 0 Å². The fourth-order valence-corrected chi connectivity index (χ4v) is 3.05. The van der Waals surface area contributed by atoms with Crippen LogP contribution in [0.2, 0.25) is 5.02 Å². The Bertz CT molecular complexity index is 636. The van der Waals surface area contributed by atoms with Gasteiger partial charge in [-0.05, 0) is 46.7 Å². The maximum atomic E-state index is 5.86. The average molecular weight is 334 g/mol. The monoisotopic (exact) mass is 333 g/mol. The quantitative estimate of drug-likeness (QED) is 0.863. The van der Waals surface area contributed by atoms with Crippen LogP contribution in [0.25, 0.3) is 0 Å². The largest absolute Gasteiger partial charge is 0.299 e. The Morgan fingerprint density at radius 1 is 1.13 bits per heavy atom. The van der Waals surface area contributed by atoms with Gasteiger partial charge in [0.25, 0.3) is 0 Å². The number of halogens is 1. The van der Waals surface area contributed by atoms with Gasteiger partial charge in [-0.25, -0.2) is 9.97 Å². The Hall–Kier alpha value is -1.46. The van der Waals surface area contributed by atoms with Crippen molar-refractivity contribution >= 4 is 11.6 Å². The van der Waals surface area contributed by atoms with Crippen LogP contribution in [0.5, 0.6) is 0 Å². The number of piperidine rings is 1. The number of likely N-dealkylation sites (tertiary alicyclic amines) is 1. The van der Waals surface area contributed by atoms with Gasteiger partial charge in [-0.1, -0.05) is 11.6 Å². The van der Waals surface area contributed by atoms with E-state index in [1.807, 2.05) is 10.9 Å². The van der Waals surface area contributed by atoms with Gasteiger partial charge in [0.1, 0.15) is 5.82 Å². The smallest absolute Gasteiger partial charge is 0.131 e. The van der Waals surface area contributed by atoms with Gasteiger partial charge >= 0.3 is 0 Å². The van der Waals surface area contributed by atoms with Crippen molar-refractivity contribution in [2.45, 2.75) is 51.6 Å². The summed E-state index contributed by atoms with van der Waals surface area (Å²) in [5.74, 6) is 1.37. The van der Waals surface area contributed by atoms with E-state index in [9.17, 15) is 0 Å². The molecule has 2 aromatic heterocycles. The maximum Gasteiger partial charge on any atom is 0.131 e. The highest BCUT2D eigenvalue weighted by atomic mass is 35.5. The van der Waals surface area contributed by atoms with Crippen LogP contribution in [0.1, 0.15) is 50.9 Å². The summed E-state index contributed by atoms with van der Waals surface area (Å²) in [4.78, 5) is 11.2. The van der Waals surface area contributed by atoms with E-state index in [0.717, 1.165) is 38.3 Å². The highest BCUT2D eigenvalue weighted by Gasteiger charge is 2.23. The first-order valence-corrected chi connectivity index (χ1v) is 8.53. The van der Waals surface area contributed by atoms with Crippen LogP contribution in [0.4, 0.5) is 0 Å². The third kappa shape index (κ3) is 4.09. The van der Waals surface area contributed by atoms with E-state index in [0.29, 0.717) is 10.9 Å². The summed E-state index contributed by atoms with van der Waals surface area (Å²) >= 11 is 5.86. The zero-order valence-electron chi connectivity index (χ0n) is 14.0. The van der Waals surface area contributed by atoms with Gasteiger partial charge in [0, 0.05) is 36.6 Å². The molecule has 0 spiro atoms. The Balaban J connectivity index is 1.55. The molecule has 1 saturated heterocycles. The zero-order valence-corrected chi connectivity index (χ0v) is 14.8. The molecule has 6 heteroatoms. The Morgan fingerprint density at radius 3 is 2.35 bits per heavy atom. The molecule has 3 heterocycles. The fraction of sp³-hybridized carbons (Fsp3) is 0.588. The summed E-state index contributed by atoms with van der Waals surface area (Å²) in [7, 11) is 0. The standard InChI is InChI=1S/C17H24ClN5/c1-17(2,3)23-12-13(8-21-23)11-22-6-4-14(5-7-22)16-19-9-15(18)10-20-16/h8-10,12,14H,4-7,11H2,1-3H3. The number of hydrogen-bond acceptors (Lipinski definition) is 4. The molecule has 0 atom stereocenters. The molecule has 0 radical (unpaired) electrons. The molecule has 0 aromatic carbocycles. The van der Waals surface area contributed by atoms with Gasteiger partial charge in [-0.2, -0.15) is 5.10 Å². The summed E-state index contributed by atoms with van der Waals surface area (Å²) in [6.45, 7) is 9.60. The van der Waals surface area contributed by atoms with Gasteiger partial charge in [-0.15, -0.1) is 0 Å². The Labute approximate surface area is 142 Å². The van der Waals surface area contributed by atoms with Crippen molar-refractivity contribution in [2.75, 3.05) is 13.1 Å². The van der Waals surface area contributed by atoms with Crippen LogP contribution in [-0.4, -0.2) is 37.7 Å². The molecule has 1 aliphatic rings. The molecule has 0 bridgehead atoms. The third-order valence-electron chi connectivity index (χ3n) is 4.32. The molecule has 1 fully saturated rings. The molecular weight excluding hydrogens is 310 g/mol. The minimum atomic E-state index is 0.0389. The highest BCUT2D eigenvalue weighted by molar-refractivity contribution is 6.30. The lowest BCUT2D eigenvalue weighted by molar-refractivity contribution is 0.201. The van der Waals surface area contributed by atoms with Gasteiger partial charge in [0.05, 0.1) is 16.8 Å². The first kappa shape index (κ1) is 16.4. The van der Waals surface area contributed by atoms with E-state index < -0.39 is 0 Å². The third-order valence-corrected chi connectivity index (χ3v) is 4.52. The lowest BCUT2D eigenvalue weighted by atomic mass is 9.96. The van der Waals surface area contributed by atoms with Crippen molar-refractivity contribution < 1.29 is 0 Å². The minimum Gasteiger partial charge on any atom is -0.299 e. The lowest BCUT2D eigenvalue weighted by Crippen LogP contribution is -2.32. The summed E-state index contributed by atoms with van der Waals surface area (Å²) in [6.07, 6.45) is 9.71. The van der Waals surface area contributed by atoms with Crippen molar-refractivity contribution in [2.24, 2.45) is 0 Å². The molecule has 3 rings (SSSR count). The molecule has 1 aliphatic heterocycles. The summed E-state index contributed by atoms with van der Waals surface area (Å²) in [5.41, 5.74) is 1.32. The van der Waals surface area contributed by atoms with Crippen LogP contribution in [0.3, 0.4) is 0 Å². The highest BCUT2D eigenvalue weighted by Crippen LogP contribution is 2.26. The van der Waals surface area contributed by atoms with E-state index in [1.165, 1.54) is 5.56 Å². The molecule has 0 unspecified atom stereocenters. The Morgan fingerprint density at radius 2 is 1.78 bits per heavy atom. The van der Waals surface area contributed by atoms with E-state index in [1.54, 1.807) is 12.4 Å². The summed E-state index contributed by atoms with van der Waals surface area (Å²) in [6, 6.07) is 0. The molecule has 0 aliphatic carbocycles. The maximum absolute atomic E-state index is 5.86. The molecule has 124 valence electrons. The second-order valence-corrected chi connectivity index (χ2v) is 7.71. The molecule has 5 nitrogen and oxygen atoms in total. The van der Waals surface area contributed by atoms with Gasteiger partial charge in [0.15, 0.2) is 0 Å². The van der Waals surface area contributed by atoms with E-state index >= 15 is 0 Å². The fourth-order valence-electron chi connectivity index (χ4n) is 2.95. The van der Waals surface area contributed by atoms with Crippen molar-refractivity contribution in [3.05, 3.63) is 41.2 Å². The number of rotatable bonds is 3. The number of nitrogens with zero attached hydrogens (tertiary/aromatic N) is 5. The van der Waals surface area contributed by atoms with Crippen molar-refractivity contribution in [3.63, 3.8) is 0 Å².